The van der Waals surface area contributed by atoms with Gasteiger partial charge < -0.3 is 14.6 Å². The van der Waals surface area contributed by atoms with E-state index < -0.39 is 12.7 Å². The maximum Gasteiger partial charge on any atom is 0.387 e. The molecule has 0 bridgehead atoms. The lowest BCUT2D eigenvalue weighted by Crippen LogP contribution is -2.07. The van der Waals surface area contributed by atoms with Gasteiger partial charge in [-0.2, -0.15) is 13.9 Å². The number of nitrogens with zero attached hydrogens (tertiary/aromatic N) is 2. The maximum absolute atomic E-state index is 12.4. The molecular formula is C14H16F2N2O3. The van der Waals surface area contributed by atoms with Gasteiger partial charge in [0.05, 0.1) is 18.9 Å². The van der Waals surface area contributed by atoms with E-state index >= 15 is 0 Å². The molecule has 1 aromatic carbocycles. The summed E-state index contributed by atoms with van der Waals surface area (Å²) in [6.07, 6.45) is 1.17. The fourth-order valence-corrected chi connectivity index (χ4v) is 1.98. The van der Waals surface area contributed by atoms with Crippen LogP contribution in [-0.2, 0) is 13.5 Å². The van der Waals surface area contributed by atoms with Gasteiger partial charge in [-0.3, -0.25) is 4.68 Å². The van der Waals surface area contributed by atoms with Crippen molar-refractivity contribution in [2.75, 3.05) is 7.11 Å². The molecule has 0 fully saturated rings. The standard InChI is InChI=1S/C14H16F2N2O3/c1-18-6-5-10(17-18)8-11(19)9-3-4-12(20-2)13(7-9)21-14(15)16/h3-7,11,14,19H,8H2,1-2H3. The molecule has 0 amide bonds. The summed E-state index contributed by atoms with van der Waals surface area (Å²) in [6, 6.07) is 6.21. The number of rotatable bonds is 6. The highest BCUT2D eigenvalue weighted by Gasteiger charge is 2.16. The number of aryl methyl sites for hydroxylation is 1. The Hall–Kier alpha value is -2.15. The number of hydrogen-bond acceptors (Lipinski definition) is 4. The zero-order chi connectivity index (χ0) is 15.4. The Morgan fingerprint density at radius 2 is 2.05 bits per heavy atom. The Morgan fingerprint density at radius 1 is 1.29 bits per heavy atom. The lowest BCUT2D eigenvalue weighted by molar-refractivity contribution is -0.0513. The van der Waals surface area contributed by atoms with Gasteiger partial charge in [-0.25, -0.2) is 0 Å². The van der Waals surface area contributed by atoms with Crippen LogP contribution in [0.4, 0.5) is 8.78 Å². The van der Waals surface area contributed by atoms with Gasteiger partial charge in [0.1, 0.15) is 0 Å². The van der Waals surface area contributed by atoms with Crippen LogP contribution in [0.5, 0.6) is 11.5 Å². The Morgan fingerprint density at radius 3 is 2.62 bits per heavy atom. The summed E-state index contributed by atoms with van der Waals surface area (Å²) in [7, 11) is 3.13. The predicted octanol–water partition coefficient (Wildman–Crippen LogP) is 2.31. The van der Waals surface area contributed by atoms with Gasteiger partial charge >= 0.3 is 6.61 Å². The van der Waals surface area contributed by atoms with Gasteiger partial charge in [-0.05, 0) is 23.8 Å². The Balaban J connectivity index is 2.18. The molecule has 1 atom stereocenters. The van der Waals surface area contributed by atoms with Gasteiger partial charge in [0, 0.05) is 19.7 Å². The summed E-state index contributed by atoms with van der Waals surface area (Å²) in [6.45, 7) is -2.96. The number of halogens is 2. The van der Waals surface area contributed by atoms with Crippen molar-refractivity contribution in [3.05, 3.63) is 41.7 Å². The zero-order valence-electron chi connectivity index (χ0n) is 11.7. The molecule has 114 valence electrons. The second-order valence-corrected chi connectivity index (χ2v) is 4.49. The fourth-order valence-electron chi connectivity index (χ4n) is 1.98. The lowest BCUT2D eigenvalue weighted by atomic mass is 10.0. The predicted molar refractivity (Wildman–Crippen MR) is 71.5 cm³/mol. The van der Waals surface area contributed by atoms with Gasteiger partial charge in [0.25, 0.3) is 0 Å². The van der Waals surface area contributed by atoms with Crippen molar-refractivity contribution in [3.8, 4) is 11.5 Å². The maximum atomic E-state index is 12.4. The number of benzene rings is 1. The number of methoxy groups -OCH3 is 1. The van der Waals surface area contributed by atoms with E-state index in [4.69, 9.17) is 4.74 Å². The molecule has 1 heterocycles. The number of aromatic nitrogens is 2. The largest absolute Gasteiger partial charge is 0.493 e. The fraction of sp³-hybridized carbons (Fsp3) is 0.357. The Kier molecular flexibility index (Phi) is 4.74. The first-order valence-electron chi connectivity index (χ1n) is 6.29. The Labute approximate surface area is 120 Å². The quantitative estimate of drug-likeness (QED) is 0.889. The van der Waals surface area contributed by atoms with E-state index in [1.54, 1.807) is 30.1 Å². The third-order valence-corrected chi connectivity index (χ3v) is 2.96. The van der Waals surface area contributed by atoms with Crippen molar-refractivity contribution in [2.24, 2.45) is 7.05 Å². The van der Waals surface area contributed by atoms with Crippen LogP contribution in [0.3, 0.4) is 0 Å². The molecular weight excluding hydrogens is 282 g/mol. The molecule has 0 aliphatic rings. The van der Waals surface area contributed by atoms with Crippen LogP contribution >= 0.6 is 0 Å². The van der Waals surface area contributed by atoms with Gasteiger partial charge in [0.2, 0.25) is 0 Å². The summed E-state index contributed by atoms with van der Waals surface area (Å²) in [5, 5.41) is 14.3. The van der Waals surface area contributed by atoms with E-state index in [-0.39, 0.29) is 17.9 Å². The third-order valence-electron chi connectivity index (χ3n) is 2.96. The van der Waals surface area contributed by atoms with Crippen molar-refractivity contribution in [3.63, 3.8) is 0 Å². The highest BCUT2D eigenvalue weighted by Crippen LogP contribution is 2.32. The summed E-state index contributed by atoms with van der Waals surface area (Å²) in [4.78, 5) is 0. The number of aliphatic hydroxyl groups excluding tert-OH is 1. The molecule has 0 saturated carbocycles. The van der Waals surface area contributed by atoms with Crippen LogP contribution in [0.2, 0.25) is 0 Å². The van der Waals surface area contributed by atoms with Crippen molar-refractivity contribution in [1.82, 2.24) is 9.78 Å². The molecule has 0 radical (unpaired) electrons. The van der Waals surface area contributed by atoms with Crippen LogP contribution in [0.15, 0.2) is 30.5 Å². The van der Waals surface area contributed by atoms with Crippen molar-refractivity contribution in [1.29, 1.82) is 0 Å². The minimum Gasteiger partial charge on any atom is -0.493 e. The van der Waals surface area contributed by atoms with Crippen molar-refractivity contribution >= 4 is 0 Å². The van der Waals surface area contributed by atoms with E-state index in [0.717, 1.165) is 0 Å². The molecule has 21 heavy (non-hydrogen) atoms. The first-order valence-corrected chi connectivity index (χ1v) is 6.29. The number of aliphatic hydroxyl groups is 1. The van der Waals surface area contributed by atoms with E-state index in [2.05, 4.69) is 9.84 Å². The average Bonchev–Trinajstić information content (AvgIpc) is 2.83. The first kappa shape index (κ1) is 15.2. The highest BCUT2D eigenvalue weighted by molar-refractivity contribution is 5.43. The normalized spacial score (nSPS) is 12.5. The van der Waals surface area contributed by atoms with Crippen molar-refractivity contribution < 1.29 is 23.4 Å². The Bertz CT molecular complexity index is 602. The zero-order valence-corrected chi connectivity index (χ0v) is 11.7. The summed E-state index contributed by atoms with van der Waals surface area (Å²) in [5.41, 5.74) is 1.16. The average molecular weight is 298 g/mol. The second kappa shape index (κ2) is 6.53. The SMILES string of the molecule is COc1ccc(C(O)Cc2ccn(C)n2)cc1OC(F)F. The molecule has 0 saturated heterocycles. The van der Waals surface area contributed by atoms with Gasteiger partial charge in [-0.15, -0.1) is 0 Å². The third kappa shape index (κ3) is 3.91. The molecule has 1 unspecified atom stereocenters. The summed E-state index contributed by atoms with van der Waals surface area (Å²) < 4.78 is 35.7. The lowest BCUT2D eigenvalue weighted by Gasteiger charge is -2.14. The van der Waals surface area contributed by atoms with Gasteiger partial charge in [-0.1, -0.05) is 6.07 Å². The van der Waals surface area contributed by atoms with E-state index in [9.17, 15) is 13.9 Å². The van der Waals surface area contributed by atoms with E-state index in [1.807, 2.05) is 0 Å². The van der Waals surface area contributed by atoms with Crippen LogP contribution in [-0.4, -0.2) is 28.6 Å². The molecule has 7 heteroatoms. The topological polar surface area (TPSA) is 56.5 Å². The molecule has 1 N–H and O–H groups in total. The monoisotopic (exact) mass is 298 g/mol. The van der Waals surface area contributed by atoms with Crippen LogP contribution in [0.1, 0.15) is 17.4 Å². The second-order valence-electron chi connectivity index (χ2n) is 4.49. The minimum absolute atomic E-state index is 0.106. The molecule has 0 spiro atoms. The molecule has 0 aliphatic carbocycles. The van der Waals surface area contributed by atoms with Crippen LogP contribution < -0.4 is 9.47 Å². The molecule has 5 nitrogen and oxygen atoms in total. The number of ether oxygens (including phenoxy) is 2. The smallest absolute Gasteiger partial charge is 0.387 e. The molecule has 0 aliphatic heterocycles. The van der Waals surface area contributed by atoms with Crippen LogP contribution in [0, 0.1) is 0 Å². The van der Waals surface area contributed by atoms with E-state index in [0.29, 0.717) is 11.3 Å². The molecule has 1 aromatic heterocycles. The highest BCUT2D eigenvalue weighted by atomic mass is 19.3. The minimum atomic E-state index is -2.96. The van der Waals surface area contributed by atoms with Gasteiger partial charge in [0.15, 0.2) is 11.5 Å². The first-order chi connectivity index (χ1) is 9.99. The summed E-state index contributed by atoms with van der Waals surface area (Å²) in [5.74, 6) is 0.0779. The van der Waals surface area contributed by atoms with Crippen molar-refractivity contribution in [2.45, 2.75) is 19.1 Å². The number of hydrogen-bond donors (Lipinski definition) is 1. The van der Waals surface area contributed by atoms with E-state index in [1.165, 1.54) is 19.2 Å². The molecule has 2 aromatic rings. The number of alkyl halides is 2. The molecule has 2 rings (SSSR count). The van der Waals surface area contributed by atoms with Crippen LogP contribution in [0.25, 0.3) is 0 Å². The summed E-state index contributed by atoms with van der Waals surface area (Å²) >= 11 is 0.